The smallest absolute Gasteiger partial charge is 0.187 e. The van der Waals surface area contributed by atoms with Gasteiger partial charge in [-0.15, -0.1) is 0 Å². The number of hydrogen-bond donors (Lipinski definition) is 6. The van der Waals surface area contributed by atoms with Crippen molar-refractivity contribution in [3.8, 4) is 0 Å². The molecule has 0 spiro atoms. The summed E-state index contributed by atoms with van der Waals surface area (Å²) in [5.41, 5.74) is 1.42. The molecule has 10 heteroatoms. The number of rotatable bonds is 8. The average Bonchev–Trinajstić information content (AvgIpc) is 3.05. The predicted octanol–water partition coefficient (Wildman–Crippen LogP) is -0.407. The first kappa shape index (κ1) is 27.7. The number of allylic oxidation sites excluding steroid dienone is 3. The lowest BCUT2D eigenvalue weighted by Gasteiger charge is -2.41. The van der Waals surface area contributed by atoms with Crippen LogP contribution in [0.5, 0.6) is 0 Å². The molecule has 0 aromatic carbocycles. The summed E-state index contributed by atoms with van der Waals surface area (Å²) in [4.78, 5) is 0. The van der Waals surface area contributed by atoms with E-state index in [0.717, 1.165) is 12.8 Å². The quantitative estimate of drug-likeness (QED) is 0.248. The van der Waals surface area contributed by atoms with Crippen LogP contribution < -0.4 is 0 Å². The van der Waals surface area contributed by atoms with Gasteiger partial charge in [-0.3, -0.25) is 0 Å². The van der Waals surface area contributed by atoms with Gasteiger partial charge in [0.2, 0.25) is 0 Å². The molecule has 2 heterocycles. The lowest BCUT2D eigenvalue weighted by atomic mass is 9.68. The van der Waals surface area contributed by atoms with E-state index < -0.39 is 68.0 Å². The first-order chi connectivity index (χ1) is 16.0. The third-order valence-corrected chi connectivity index (χ3v) is 7.10. The van der Waals surface area contributed by atoms with E-state index in [9.17, 15) is 30.6 Å². The summed E-state index contributed by atoms with van der Waals surface area (Å²) in [6.07, 6.45) is -3.86. The van der Waals surface area contributed by atoms with Gasteiger partial charge in [0.25, 0.3) is 0 Å². The molecule has 0 radical (unpaired) electrons. The molecule has 11 unspecified atom stereocenters. The van der Waals surface area contributed by atoms with Crippen molar-refractivity contribution in [2.45, 2.75) is 102 Å². The van der Waals surface area contributed by atoms with E-state index >= 15 is 0 Å². The van der Waals surface area contributed by atoms with Crippen molar-refractivity contribution in [2.24, 2.45) is 11.3 Å². The van der Waals surface area contributed by atoms with Gasteiger partial charge >= 0.3 is 0 Å². The minimum absolute atomic E-state index is 0.119. The SMILES string of the molecule is CC1=CCCC(C)(C)C1C=CC(C)OC1OC(COC2OC(CO)C(O)C2O)C(O)C(O)C1O. The summed E-state index contributed by atoms with van der Waals surface area (Å²) >= 11 is 0. The maximum Gasteiger partial charge on any atom is 0.187 e. The van der Waals surface area contributed by atoms with Crippen LogP contribution in [-0.2, 0) is 18.9 Å². The molecule has 2 aliphatic heterocycles. The van der Waals surface area contributed by atoms with Crippen molar-refractivity contribution in [3.63, 3.8) is 0 Å². The van der Waals surface area contributed by atoms with Crippen molar-refractivity contribution in [1.82, 2.24) is 0 Å². The molecule has 2 fully saturated rings. The first-order valence-electron chi connectivity index (χ1n) is 11.9. The second-order valence-corrected chi connectivity index (χ2v) is 10.2. The van der Waals surface area contributed by atoms with Gasteiger partial charge in [0, 0.05) is 5.92 Å². The molecule has 0 bridgehead atoms. The van der Waals surface area contributed by atoms with Gasteiger partial charge in [0.15, 0.2) is 12.6 Å². The molecule has 0 aromatic heterocycles. The first-order valence-corrected chi connectivity index (χ1v) is 11.9. The third-order valence-electron chi connectivity index (χ3n) is 7.10. The van der Waals surface area contributed by atoms with E-state index in [4.69, 9.17) is 18.9 Å². The van der Waals surface area contributed by atoms with Gasteiger partial charge in [-0.2, -0.15) is 0 Å². The Morgan fingerprint density at radius 1 is 1.00 bits per heavy atom. The molecule has 11 atom stereocenters. The third kappa shape index (κ3) is 6.07. The van der Waals surface area contributed by atoms with Crippen LogP contribution in [0.2, 0.25) is 0 Å². The lowest BCUT2D eigenvalue weighted by Crippen LogP contribution is -2.60. The maximum atomic E-state index is 10.4. The molecule has 0 amide bonds. The van der Waals surface area contributed by atoms with E-state index in [1.807, 2.05) is 6.08 Å². The van der Waals surface area contributed by atoms with Crippen molar-refractivity contribution in [1.29, 1.82) is 0 Å². The molecular formula is C24H40O10. The highest BCUT2D eigenvalue weighted by molar-refractivity contribution is 5.19. The van der Waals surface area contributed by atoms with Gasteiger partial charge in [-0.25, -0.2) is 0 Å². The minimum atomic E-state index is -1.55. The molecule has 196 valence electrons. The van der Waals surface area contributed by atoms with E-state index in [-0.39, 0.29) is 17.9 Å². The largest absolute Gasteiger partial charge is 0.394 e. The molecule has 0 saturated carbocycles. The number of ether oxygens (including phenoxy) is 4. The molecule has 0 aromatic rings. The summed E-state index contributed by atoms with van der Waals surface area (Å²) < 4.78 is 22.2. The van der Waals surface area contributed by atoms with Gasteiger partial charge in [-0.1, -0.05) is 37.6 Å². The fourth-order valence-corrected chi connectivity index (χ4v) is 4.87. The number of aliphatic hydroxyl groups is 6. The Hall–Kier alpha value is -0.920. The van der Waals surface area contributed by atoms with E-state index in [1.54, 1.807) is 6.92 Å². The van der Waals surface area contributed by atoms with Gasteiger partial charge in [0.05, 0.1) is 19.3 Å². The zero-order valence-electron chi connectivity index (χ0n) is 20.2. The summed E-state index contributed by atoms with van der Waals surface area (Å²) in [5.74, 6) is 0.258. The van der Waals surface area contributed by atoms with Crippen molar-refractivity contribution in [2.75, 3.05) is 13.2 Å². The Kier molecular flexibility index (Phi) is 9.30. The zero-order chi connectivity index (χ0) is 25.2. The van der Waals surface area contributed by atoms with Gasteiger partial charge in [0.1, 0.15) is 42.7 Å². The second kappa shape index (κ2) is 11.4. The van der Waals surface area contributed by atoms with Gasteiger partial charge < -0.3 is 49.6 Å². The van der Waals surface area contributed by atoms with Crippen LogP contribution in [0.15, 0.2) is 23.8 Å². The Labute approximate surface area is 200 Å². The Bertz CT molecular complexity index is 725. The highest BCUT2D eigenvalue weighted by atomic mass is 16.7. The average molecular weight is 489 g/mol. The van der Waals surface area contributed by atoms with Crippen molar-refractivity contribution < 1.29 is 49.6 Å². The molecule has 3 aliphatic rings. The maximum absolute atomic E-state index is 10.4. The van der Waals surface area contributed by atoms with Crippen LogP contribution >= 0.6 is 0 Å². The number of aliphatic hydroxyl groups excluding tert-OH is 6. The minimum Gasteiger partial charge on any atom is -0.394 e. The van der Waals surface area contributed by atoms with Crippen LogP contribution in [0.1, 0.15) is 40.5 Å². The fraction of sp³-hybridized carbons (Fsp3) is 0.833. The van der Waals surface area contributed by atoms with Crippen LogP contribution in [0.3, 0.4) is 0 Å². The molecule has 10 nitrogen and oxygen atoms in total. The molecular weight excluding hydrogens is 448 g/mol. The van der Waals surface area contributed by atoms with Crippen LogP contribution in [-0.4, -0.2) is 105 Å². The zero-order valence-corrected chi connectivity index (χ0v) is 20.2. The summed E-state index contributed by atoms with van der Waals surface area (Å²) in [6, 6.07) is 0. The van der Waals surface area contributed by atoms with Crippen LogP contribution in [0.25, 0.3) is 0 Å². The van der Waals surface area contributed by atoms with Crippen molar-refractivity contribution >= 4 is 0 Å². The standard InChI is InChI=1S/C24H40O10/c1-12-6-5-9-24(3,4)14(12)8-7-13(2)32-23-21(30)19(28)18(27)16(34-23)11-31-22-20(29)17(26)15(10-25)33-22/h6-8,13-23,25-30H,5,9-11H2,1-4H3. The van der Waals surface area contributed by atoms with E-state index in [0.29, 0.717) is 0 Å². The highest BCUT2D eigenvalue weighted by Gasteiger charge is 2.47. The molecule has 34 heavy (non-hydrogen) atoms. The summed E-state index contributed by atoms with van der Waals surface area (Å²) in [7, 11) is 0. The van der Waals surface area contributed by atoms with E-state index in [1.165, 1.54) is 5.57 Å². The molecule has 3 rings (SSSR count). The Morgan fingerprint density at radius 3 is 2.24 bits per heavy atom. The van der Waals surface area contributed by atoms with Crippen molar-refractivity contribution in [3.05, 3.63) is 23.8 Å². The highest BCUT2D eigenvalue weighted by Crippen LogP contribution is 2.41. The lowest BCUT2D eigenvalue weighted by molar-refractivity contribution is -0.314. The van der Waals surface area contributed by atoms with Crippen LogP contribution in [0.4, 0.5) is 0 Å². The second-order valence-electron chi connectivity index (χ2n) is 10.2. The molecule has 6 N–H and O–H groups in total. The Morgan fingerprint density at radius 2 is 1.62 bits per heavy atom. The monoisotopic (exact) mass is 488 g/mol. The predicted molar refractivity (Wildman–Crippen MR) is 120 cm³/mol. The molecule has 1 aliphatic carbocycles. The fourth-order valence-electron chi connectivity index (χ4n) is 4.87. The molecule has 2 saturated heterocycles. The topological polar surface area (TPSA) is 158 Å². The van der Waals surface area contributed by atoms with Gasteiger partial charge in [-0.05, 0) is 32.1 Å². The van der Waals surface area contributed by atoms with Crippen LogP contribution in [0, 0.1) is 11.3 Å². The van der Waals surface area contributed by atoms with E-state index in [2.05, 4.69) is 32.9 Å². The normalized spacial score (nSPS) is 43.8. The Balaban J connectivity index is 1.59. The number of hydrogen-bond acceptors (Lipinski definition) is 10. The summed E-state index contributed by atoms with van der Waals surface area (Å²) in [6.45, 7) is 7.55. The summed E-state index contributed by atoms with van der Waals surface area (Å²) in [5, 5.41) is 60.0.